The van der Waals surface area contributed by atoms with Crippen LogP contribution in [0.25, 0.3) is 0 Å². The van der Waals surface area contributed by atoms with Gasteiger partial charge in [-0.25, -0.2) is 0 Å². The van der Waals surface area contributed by atoms with Crippen molar-refractivity contribution in [1.29, 1.82) is 0 Å². The van der Waals surface area contributed by atoms with Crippen LogP contribution in [0.1, 0.15) is 29.8 Å². The number of halogens is 3. The Balaban J connectivity index is 2.03. The SMILES string of the molecule is C=CCCC(=O)NCCn1nc(C(F)(F)F)c2c1CCOC2. The second kappa shape index (κ2) is 6.95. The van der Waals surface area contributed by atoms with Gasteiger partial charge in [-0.15, -0.1) is 6.58 Å². The van der Waals surface area contributed by atoms with Crippen molar-refractivity contribution in [3.05, 3.63) is 29.6 Å². The number of hydrogen-bond donors (Lipinski definition) is 1. The zero-order valence-corrected chi connectivity index (χ0v) is 12.1. The molecule has 122 valence electrons. The third-order valence-electron chi connectivity index (χ3n) is 3.39. The van der Waals surface area contributed by atoms with Gasteiger partial charge in [-0.3, -0.25) is 9.48 Å². The lowest BCUT2D eigenvalue weighted by molar-refractivity contribution is -0.142. The Hall–Kier alpha value is -1.83. The van der Waals surface area contributed by atoms with E-state index in [1.54, 1.807) is 6.08 Å². The Kier molecular flexibility index (Phi) is 5.23. The van der Waals surface area contributed by atoms with Gasteiger partial charge in [0.1, 0.15) is 0 Å². The molecule has 0 unspecified atom stereocenters. The predicted molar refractivity (Wildman–Crippen MR) is 73.0 cm³/mol. The number of carbonyl (C=O) groups excluding carboxylic acids is 1. The largest absolute Gasteiger partial charge is 0.435 e. The van der Waals surface area contributed by atoms with Crippen molar-refractivity contribution in [3.8, 4) is 0 Å². The smallest absolute Gasteiger partial charge is 0.376 e. The van der Waals surface area contributed by atoms with Crippen molar-refractivity contribution in [3.63, 3.8) is 0 Å². The molecule has 5 nitrogen and oxygen atoms in total. The van der Waals surface area contributed by atoms with Gasteiger partial charge in [0.25, 0.3) is 0 Å². The quantitative estimate of drug-likeness (QED) is 0.817. The minimum atomic E-state index is -4.50. The minimum absolute atomic E-state index is 0.0735. The molecule has 0 saturated heterocycles. The maximum absolute atomic E-state index is 13.0. The molecular formula is C14H18F3N3O2. The standard InChI is InChI=1S/C14H18F3N3O2/c1-2-3-4-12(21)18-6-7-20-11-5-8-22-9-10(11)13(19-20)14(15,16)17/h2H,1,3-9H2,(H,18,21). The van der Waals surface area contributed by atoms with Crippen LogP contribution >= 0.6 is 0 Å². The average molecular weight is 317 g/mol. The first kappa shape index (κ1) is 16.5. The Bertz CT molecular complexity index is 552. The molecule has 1 N–H and O–H groups in total. The van der Waals surface area contributed by atoms with Crippen LogP contribution < -0.4 is 5.32 Å². The van der Waals surface area contributed by atoms with Crippen molar-refractivity contribution < 1.29 is 22.7 Å². The van der Waals surface area contributed by atoms with Gasteiger partial charge in [0, 0.05) is 30.6 Å². The third-order valence-corrected chi connectivity index (χ3v) is 3.39. The number of rotatable bonds is 6. The van der Waals surface area contributed by atoms with Crippen LogP contribution in [0.3, 0.4) is 0 Å². The highest BCUT2D eigenvalue weighted by molar-refractivity contribution is 5.75. The summed E-state index contributed by atoms with van der Waals surface area (Å²) in [5, 5.41) is 6.33. The lowest BCUT2D eigenvalue weighted by atomic mass is 10.1. The molecule has 0 radical (unpaired) electrons. The van der Waals surface area contributed by atoms with Crippen LogP contribution in [0.4, 0.5) is 13.2 Å². The number of allylic oxidation sites excluding steroid dienone is 1. The zero-order chi connectivity index (χ0) is 16.2. The number of nitrogens with one attached hydrogen (secondary N) is 1. The number of aromatic nitrogens is 2. The normalized spacial score (nSPS) is 14.5. The fraction of sp³-hybridized carbons (Fsp3) is 0.571. The molecule has 22 heavy (non-hydrogen) atoms. The molecule has 1 aliphatic rings. The van der Waals surface area contributed by atoms with E-state index in [1.165, 1.54) is 4.68 Å². The summed E-state index contributed by atoms with van der Waals surface area (Å²) in [4.78, 5) is 11.5. The molecule has 2 rings (SSSR count). The van der Waals surface area contributed by atoms with Crippen molar-refractivity contribution in [2.75, 3.05) is 13.2 Å². The van der Waals surface area contributed by atoms with E-state index in [9.17, 15) is 18.0 Å². The molecule has 1 aliphatic heterocycles. The second-order valence-electron chi connectivity index (χ2n) is 4.97. The molecule has 2 heterocycles. The number of alkyl halides is 3. The van der Waals surface area contributed by atoms with Crippen LogP contribution in [0.15, 0.2) is 12.7 Å². The highest BCUT2D eigenvalue weighted by atomic mass is 19.4. The van der Waals surface area contributed by atoms with Gasteiger partial charge in [-0.1, -0.05) is 6.08 Å². The van der Waals surface area contributed by atoms with Crippen LogP contribution in [0.5, 0.6) is 0 Å². The van der Waals surface area contributed by atoms with E-state index >= 15 is 0 Å². The molecule has 1 aromatic rings. The Morgan fingerprint density at radius 1 is 1.50 bits per heavy atom. The summed E-state index contributed by atoms with van der Waals surface area (Å²) in [7, 11) is 0. The maximum Gasteiger partial charge on any atom is 0.435 e. The number of fused-ring (bicyclic) bond motifs is 1. The van der Waals surface area contributed by atoms with Gasteiger partial charge < -0.3 is 10.1 Å². The van der Waals surface area contributed by atoms with Crippen LogP contribution in [0.2, 0.25) is 0 Å². The molecule has 0 aliphatic carbocycles. The summed E-state index contributed by atoms with van der Waals surface area (Å²) in [5.74, 6) is -0.152. The zero-order valence-electron chi connectivity index (χ0n) is 12.1. The molecule has 1 aromatic heterocycles. The first-order valence-corrected chi connectivity index (χ1v) is 7.04. The van der Waals surface area contributed by atoms with E-state index in [2.05, 4.69) is 17.0 Å². The number of nitrogens with zero attached hydrogens (tertiary/aromatic N) is 2. The molecule has 1 amide bonds. The summed E-state index contributed by atoms with van der Waals surface area (Å²) < 4.78 is 45.3. The van der Waals surface area contributed by atoms with Crippen molar-refractivity contribution in [2.24, 2.45) is 0 Å². The Labute approximate surface area is 126 Å². The fourth-order valence-corrected chi connectivity index (χ4v) is 2.34. The number of carbonyl (C=O) groups is 1. The number of hydrogen-bond acceptors (Lipinski definition) is 3. The lowest BCUT2D eigenvalue weighted by Gasteiger charge is -2.15. The monoisotopic (exact) mass is 317 g/mol. The lowest BCUT2D eigenvalue weighted by Crippen LogP contribution is -2.28. The number of ether oxygens (including phenoxy) is 1. The van der Waals surface area contributed by atoms with Crippen molar-refractivity contribution in [1.82, 2.24) is 15.1 Å². The van der Waals surface area contributed by atoms with Gasteiger partial charge in [0.15, 0.2) is 5.69 Å². The molecule has 0 atom stereocenters. The second-order valence-corrected chi connectivity index (χ2v) is 4.97. The topological polar surface area (TPSA) is 56.2 Å². The van der Waals surface area contributed by atoms with E-state index in [4.69, 9.17) is 4.74 Å². The predicted octanol–water partition coefficient (Wildman–Crippen LogP) is 2.06. The van der Waals surface area contributed by atoms with Crippen molar-refractivity contribution in [2.45, 2.75) is 38.6 Å². The first-order valence-electron chi connectivity index (χ1n) is 7.04. The first-order chi connectivity index (χ1) is 10.4. The molecule has 0 saturated carbocycles. The van der Waals surface area contributed by atoms with E-state index in [1.807, 2.05) is 0 Å². The molecule has 0 bridgehead atoms. The van der Waals surface area contributed by atoms with Crippen LogP contribution in [-0.2, 0) is 35.3 Å². The highest BCUT2D eigenvalue weighted by Crippen LogP contribution is 2.34. The van der Waals surface area contributed by atoms with E-state index in [-0.39, 0.29) is 31.2 Å². The summed E-state index contributed by atoms with van der Waals surface area (Å²) in [5.41, 5.74) is -0.240. The minimum Gasteiger partial charge on any atom is -0.376 e. The van der Waals surface area contributed by atoms with Crippen LogP contribution in [0, 0.1) is 0 Å². The molecule has 0 aromatic carbocycles. The fourth-order valence-electron chi connectivity index (χ4n) is 2.34. The summed E-state index contributed by atoms with van der Waals surface area (Å²) in [6.07, 6.45) is -1.58. The number of amides is 1. The summed E-state index contributed by atoms with van der Waals surface area (Å²) >= 11 is 0. The highest BCUT2D eigenvalue weighted by Gasteiger charge is 2.39. The maximum atomic E-state index is 13.0. The van der Waals surface area contributed by atoms with Crippen LogP contribution in [-0.4, -0.2) is 28.8 Å². The third kappa shape index (κ3) is 3.88. The summed E-state index contributed by atoms with van der Waals surface area (Å²) in [6.45, 7) is 4.27. The van der Waals surface area contributed by atoms with Gasteiger partial charge in [-0.05, 0) is 6.42 Å². The van der Waals surface area contributed by atoms with E-state index in [0.29, 0.717) is 31.6 Å². The van der Waals surface area contributed by atoms with Gasteiger partial charge in [-0.2, -0.15) is 18.3 Å². The van der Waals surface area contributed by atoms with E-state index in [0.717, 1.165) is 0 Å². The Morgan fingerprint density at radius 2 is 2.27 bits per heavy atom. The summed E-state index contributed by atoms with van der Waals surface area (Å²) in [6, 6.07) is 0. The average Bonchev–Trinajstić information content (AvgIpc) is 2.84. The molecular weight excluding hydrogens is 299 g/mol. The van der Waals surface area contributed by atoms with E-state index < -0.39 is 11.9 Å². The molecule has 8 heteroatoms. The van der Waals surface area contributed by atoms with Gasteiger partial charge in [0.05, 0.1) is 19.8 Å². The van der Waals surface area contributed by atoms with Gasteiger partial charge >= 0.3 is 6.18 Å². The van der Waals surface area contributed by atoms with Crippen molar-refractivity contribution >= 4 is 5.91 Å². The molecule has 0 fully saturated rings. The van der Waals surface area contributed by atoms with Gasteiger partial charge in [0.2, 0.25) is 5.91 Å². The Morgan fingerprint density at radius 3 is 2.95 bits per heavy atom. The molecule has 0 spiro atoms.